The molecule has 1 unspecified atom stereocenters. The van der Waals surface area contributed by atoms with E-state index >= 15 is 0 Å². The van der Waals surface area contributed by atoms with Crippen molar-refractivity contribution in [1.29, 1.82) is 0 Å². The molecule has 0 saturated heterocycles. The van der Waals surface area contributed by atoms with Crippen LogP contribution < -0.4 is 4.74 Å². The summed E-state index contributed by atoms with van der Waals surface area (Å²) in [4.78, 5) is 15.4. The molecule has 6 nitrogen and oxygen atoms in total. The number of para-hydroxylation sites is 5. The molecule has 8 aromatic carbocycles. The molecule has 0 N–H and O–H groups in total. The zero-order valence-electron chi connectivity index (χ0n) is 31.0. The summed E-state index contributed by atoms with van der Waals surface area (Å²) in [6.07, 6.45) is 0. The van der Waals surface area contributed by atoms with Crippen molar-refractivity contribution in [2.75, 3.05) is 0 Å². The molecule has 0 aliphatic carbocycles. The molecule has 13 rings (SSSR count). The summed E-state index contributed by atoms with van der Waals surface area (Å²) < 4.78 is 11.7. The minimum absolute atomic E-state index is 0.544. The van der Waals surface area contributed by atoms with Gasteiger partial charge in [-0.15, -0.1) is 0 Å². The lowest BCUT2D eigenvalue weighted by atomic mass is 9.61. The second kappa shape index (κ2) is 11.6. The van der Waals surface area contributed by atoms with Crippen LogP contribution in [-0.4, -0.2) is 24.1 Å². The van der Waals surface area contributed by atoms with Gasteiger partial charge >= 0.3 is 0 Å². The zero-order valence-corrected chi connectivity index (χ0v) is 31.0. The van der Waals surface area contributed by atoms with Crippen LogP contribution in [0.25, 0.3) is 78.0 Å². The van der Waals surface area contributed by atoms with Gasteiger partial charge in [-0.05, 0) is 41.5 Å². The van der Waals surface area contributed by atoms with Crippen LogP contribution in [-0.2, 0) is 5.41 Å². The number of hydrogen-bond acceptors (Lipinski definition) is 4. The van der Waals surface area contributed by atoms with Gasteiger partial charge in [-0.3, -0.25) is 4.57 Å². The molecule has 5 heterocycles. The molecular weight excluding hydrogens is 711 g/mol. The first kappa shape index (κ1) is 31.4. The van der Waals surface area contributed by atoms with Crippen LogP contribution in [0.5, 0.6) is 11.5 Å². The summed E-state index contributed by atoms with van der Waals surface area (Å²) in [7, 11) is 0. The number of fused-ring (bicyclic) bond motifs is 14. The smallest absolute Gasteiger partial charge is 0.238 e. The van der Waals surface area contributed by atoms with Crippen LogP contribution in [0.15, 0.2) is 188 Å². The molecule has 0 bridgehead atoms. The van der Waals surface area contributed by atoms with Gasteiger partial charge in [0.2, 0.25) is 5.95 Å². The number of hydrogen-bond donors (Lipinski definition) is 0. The lowest BCUT2D eigenvalue weighted by Crippen LogP contribution is -2.37. The molecule has 2 aliphatic rings. The van der Waals surface area contributed by atoms with Crippen molar-refractivity contribution in [3.05, 3.63) is 210 Å². The summed E-state index contributed by atoms with van der Waals surface area (Å²) >= 11 is 0. The average Bonchev–Trinajstić information content (AvgIpc) is 3.81. The van der Waals surface area contributed by atoms with Gasteiger partial charge in [-0.1, -0.05) is 152 Å². The third-order valence-electron chi connectivity index (χ3n) is 12.2. The van der Waals surface area contributed by atoms with Crippen molar-refractivity contribution >= 4 is 43.6 Å². The van der Waals surface area contributed by atoms with E-state index in [4.69, 9.17) is 19.7 Å². The highest BCUT2D eigenvalue weighted by Crippen LogP contribution is 2.61. The molecule has 270 valence electrons. The molecule has 0 saturated carbocycles. The molecule has 58 heavy (non-hydrogen) atoms. The number of aromatic nitrogens is 5. The molecule has 6 heteroatoms. The Hall–Kier alpha value is -7.83. The van der Waals surface area contributed by atoms with Gasteiger partial charge < -0.3 is 9.30 Å². The molecule has 1 spiro atoms. The van der Waals surface area contributed by atoms with Gasteiger partial charge in [0.15, 0.2) is 11.6 Å². The highest BCUT2D eigenvalue weighted by molar-refractivity contribution is 6.13. The maximum Gasteiger partial charge on any atom is 0.238 e. The maximum atomic E-state index is 7.07. The van der Waals surface area contributed by atoms with Crippen molar-refractivity contribution in [3.8, 4) is 45.9 Å². The number of rotatable bonds is 3. The SMILES string of the molecule is c1ccc(-c2nc(-c3ccccc3)nc(-n3c4ccccc4c4cc5c(cc43)Oc3ccccc3C53c4ccccc4-n4c5ccccc5c5cccc3c54)n2)cc1. The summed E-state index contributed by atoms with van der Waals surface area (Å²) in [5.74, 6) is 3.40. The molecule has 1 atom stereocenters. The molecule has 2 aliphatic heterocycles. The van der Waals surface area contributed by atoms with E-state index in [1.807, 2.05) is 60.7 Å². The Balaban J connectivity index is 1.16. The van der Waals surface area contributed by atoms with E-state index in [9.17, 15) is 0 Å². The summed E-state index contributed by atoms with van der Waals surface area (Å²) in [6.45, 7) is 0. The number of nitrogens with zero attached hydrogens (tertiary/aromatic N) is 5. The first-order valence-electron chi connectivity index (χ1n) is 19.6. The number of benzene rings is 8. The topological polar surface area (TPSA) is 57.8 Å². The van der Waals surface area contributed by atoms with Crippen molar-refractivity contribution < 1.29 is 4.74 Å². The second-order valence-electron chi connectivity index (χ2n) is 15.2. The molecule has 11 aromatic rings. The quantitative estimate of drug-likeness (QED) is 0.181. The van der Waals surface area contributed by atoms with Crippen molar-refractivity contribution in [2.45, 2.75) is 5.41 Å². The van der Waals surface area contributed by atoms with Gasteiger partial charge in [0.05, 0.1) is 33.2 Å². The molecular formula is C52H31N5O. The highest BCUT2D eigenvalue weighted by atomic mass is 16.5. The zero-order chi connectivity index (χ0) is 38.0. The maximum absolute atomic E-state index is 7.07. The normalized spacial score (nSPS) is 15.1. The minimum atomic E-state index is -0.684. The summed E-state index contributed by atoms with van der Waals surface area (Å²) in [5, 5.41) is 4.68. The van der Waals surface area contributed by atoms with Crippen LogP contribution in [0.2, 0.25) is 0 Å². The Morgan fingerprint density at radius 3 is 1.69 bits per heavy atom. The predicted octanol–water partition coefficient (Wildman–Crippen LogP) is 12.2. The third kappa shape index (κ3) is 4.08. The number of ether oxygens (including phenoxy) is 1. The van der Waals surface area contributed by atoms with Crippen molar-refractivity contribution in [2.24, 2.45) is 0 Å². The van der Waals surface area contributed by atoms with Crippen LogP contribution in [0.1, 0.15) is 22.3 Å². The Labute approximate surface area is 332 Å². The fraction of sp³-hybridized carbons (Fsp3) is 0.0192. The summed E-state index contributed by atoms with van der Waals surface area (Å²) in [5.41, 5.74) is 11.4. The largest absolute Gasteiger partial charge is 0.457 e. The molecule has 0 fully saturated rings. The molecule has 3 aromatic heterocycles. The van der Waals surface area contributed by atoms with E-state index in [0.29, 0.717) is 17.6 Å². The molecule has 0 radical (unpaired) electrons. The van der Waals surface area contributed by atoms with E-state index < -0.39 is 5.41 Å². The Bertz CT molecular complexity index is 3440. The predicted molar refractivity (Wildman–Crippen MR) is 231 cm³/mol. The second-order valence-corrected chi connectivity index (χ2v) is 15.2. The first-order chi connectivity index (χ1) is 28.8. The molecule has 0 amide bonds. The van der Waals surface area contributed by atoms with Crippen molar-refractivity contribution in [3.63, 3.8) is 0 Å². The van der Waals surface area contributed by atoms with E-state index in [1.165, 1.54) is 38.6 Å². The van der Waals surface area contributed by atoms with Crippen LogP contribution >= 0.6 is 0 Å². The highest BCUT2D eigenvalue weighted by Gasteiger charge is 2.50. The standard InChI is InChI=1S/C52H31N5O/c1-3-16-32(17-4-1)49-53-50(33-18-5-2-6-19-33)55-51(54-49)57-43-27-12-8-21-35(43)37-30-41-47(31-45(37)57)58-46-29-14-10-24-39(46)52(41)38-23-9-13-28-44(38)56-42-26-11-7-20-34(42)36-22-15-25-40(52)48(36)56/h1-31H. The van der Waals surface area contributed by atoms with Gasteiger partial charge in [-0.2, -0.15) is 9.97 Å². The fourth-order valence-corrected chi connectivity index (χ4v) is 9.90. The van der Waals surface area contributed by atoms with Gasteiger partial charge in [-0.25, -0.2) is 4.98 Å². The third-order valence-corrected chi connectivity index (χ3v) is 12.2. The monoisotopic (exact) mass is 741 g/mol. The minimum Gasteiger partial charge on any atom is -0.457 e. The Kier molecular flexibility index (Phi) is 6.28. The first-order valence-corrected chi connectivity index (χ1v) is 19.6. The van der Waals surface area contributed by atoms with Gasteiger partial charge in [0.1, 0.15) is 11.5 Å². The van der Waals surface area contributed by atoms with E-state index in [0.717, 1.165) is 55.6 Å². The van der Waals surface area contributed by atoms with E-state index in [2.05, 4.69) is 137 Å². The lowest BCUT2D eigenvalue weighted by Gasteiger charge is -2.45. The Morgan fingerprint density at radius 1 is 0.379 bits per heavy atom. The fourth-order valence-electron chi connectivity index (χ4n) is 9.90. The van der Waals surface area contributed by atoms with Crippen LogP contribution in [0.3, 0.4) is 0 Å². The van der Waals surface area contributed by atoms with Gasteiger partial charge in [0.25, 0.3) is 0 Å². The van der Waals surface area contributed by atoms with Crippen LogP contribution in [0, 0.1) is 0 Å². The summed E-state index contributed by atoms with van der Waals surface area (Å²) in [6, 6.07) is 66.5. The average molecular weight is 742 g/mol. The van der Waals surface area contributed by atoms with E-state index in [-0.39, 0.29) is 0 Å². The van der Waals surface area contributed by atoms with Gasteiger partial charge in [0, 0.05) is 49.9 Å². The lowest BCUT2D eigenvalue weighted by molar-refractivity contribution is 0.434. The van der Waals surface area contributed by atoms with Crippen LogP contribution in [0.4, 0.5) is 0 Å². The van der Waals surface area contributed by atoms with E-state index in [1.54, 1.807) is 0 Å². The van der Waals surface area contributed by atoms with Crippen molar-refractivity contribution in [1.82, 2.24) is 24.1 Å². The Morgan fingerprint density at radius 2 is 0.948 bits per heavy atom.